The van der Waals surface area contributed by atoms with Crippen molar-refractivity contribution >= 4 is 11.8 Å². The van der Waals surface area contributed by atoms with Gasteiger partial charge < -0.3 is 20.1 Å². The van der Waals surface area contributed by atoms with Crippen LogP contribution < -0.4 is 5.32 Å². The van der Waals surface area contributed by atoms with Crippen LogP contribution in [0.3, 0.4) is 0 Å². The van der Waals surface area contributed by atoms with Gasteiger partial charge in [0, 0.05) is 32.8 Å². The van der Waals surface area contributed by atoms with E-state index in [2.05, 4.69) is 28.4 Å². The van der Waals surface area contributed by atoms with E-state index in [9.17, 15) is 4.79 Å². The van der Waals surface area contributed by atoms with Crippen LogP contribution in [-0.2, 0) is 11.2 Å². The van der Waals surface area contributed by atoms with E-state index in [4.69, 9.17) is 9.84 Å². The van der Waals surface area contributed by atoms with Crippen LogP contribution in [0.5, 0.6) is 0 Å². The molecule has 122 valence electrons. The number of carbonyl (C=O) groups is 1. The first-order valence-corrected chi connectivity index (χ1v) is 7.85. The Morgan fingerprint density at radius 1 is 1.27 bits per heavy atom. The molecule has 1 aromatic rings. The summed E-state index contributed by atoms with van der Waals surface area (Å²) in [7, 11) is 0. The van der Waals surface area contributed by atoms with Crippen molar-refractivity contribution < 1.29 is 16.1 Å². The zero-order valence-electron chi connectivity index (χ0n) is 12.7. The van der Waals surface area contributed by atoms with Crippen molar-refractivity contribution in [3.8, 4) is 0 Å². The Morgan fingerprint density at radius 2 is 2.05 bits per heavy atom. The summed E-state index contributed by atoms with van der Waals surface area (Å²) in [5.41, 5.74) is 2.45. The minimum atomic E-state index is -0.808. The highest BCUT2D eigenvalue weighted by molar-refractivity contribution is 5.65. The van der Waals surface area contributed by atoms with Crippen LogP contribution in [0.1, 0.15) is 19.8 Å². The smallest absolute Gasteiger partial charge is 0.407 e. The first-order chi connectivity index (χ1) is 10.7. The van der Waals surface area contributed by atoms with Crippen LogP contribution in [0, 0.1) is 0 Å². The monoisotopic (exact) mass is 307 g/mol. The van der Waals surface area contributed by atoms with Crippen LogP contribution >= 0.6 is 0 Å². The number of rotatable bonds is 1. The van der Waals surface area contributed by atoms with Crippen molar-refractivity contribution in [1.82, 2.24) is 9.80 Å². The minimum absolute atomic E-state index is 0. The lowest BCUT2D eigenvalue weighted by atomic mass is 10.0. The van der Waals surface area contributed by atoms with Gasteiger partial charge in [0.1, 0.15) is 13.5 Å². The van der Waals surface area contributed by atoms with Crippen molar-refractivity contribution in [2.75, 3.05) is 38.4 Å². The molecule has 1 saturated heterocycles. The second-order valence-electron chi connectivity index (χ2n) is 5.87. The van der Waals surface area contributed by atoms with E-state index in [1.807, 2.05) is 6.07 Å². The number of amides is 1. The Hall–Kier alpha value is -1.79. The third-order valence-corrected chi connectivity index (χ3v) is 4.56. The molecule has 6 nitrogen and oxygen atoms in total. The average molecular weight is 307 g/mol. The molecule has 0 atom stereocenters. The third kappa shape index (κ3) is 3.51. The molecule has 2 aliphatic rings. The first kappa shape index (κ1) is 15.1. The van der Waals surface area contributed by atoms with Gasteiger partial charge in [-0.3, -0.25) is 4.90 Å². The molecule has 0 unspecified atom stereocenters. The molecule has 0 bridgehead atoms. The molecular formula is C16H25N3O3. The molecule has 0 aromatic heterocycles. The van der Waals surface area contributed by atoms with Crippen molar-refractivity contribution in [3.63, 3.8) is 0 Å². The van der Waals surface area contributed by atoms with Crippen LogP contribution in [0.2, 0.25) is 0 Å². The fourth-order valence-corrected chi connectivity index (χ4v) is 3.24. The van der Waals surface area contributed by atoms with Gasteiger partial charge in [-0.1, -0.05) is 18.2 Å². The van der Waals surface area contributed by atoms with E-state index < -0.39 is 6.09 Å². The summed E-state index contributed by atoms with van der Waals surface area (Å²) in [6, 6.07) is 8.73. The number of nitrogens with one attached hydrogen (secondary N) is 1. The molecule has 22 heavy (non-hydrogen) atoms. The molecule has 2 N–H and O–H groups in total. The number of carboxylic acid groups (broad SMARTS) is 1. The fraction of sp³-hybridized carbons (Fsp3) is 0.562. The molecule has 2 aliphatic heterocycles. The SMILES string of the molecule is O=C(O)N1CCC(N2CCc3ccccc3NCOC2)CC1.[HH]. The number of piperidine rings is 1. The van der Waals surface area contributed by atoms with Crippen molar-refractivity contribution in [1.29, 1.82) is 0 Å². The Kier molecular flexibility index (Phi) is 4.80. The van der Waals surface area contributed by atoms with Crippen LogP contribution in [-0.4, -0.2) is 60.1 Å². The predicted octanol–water partition coefficient (Wildman–Crippen LogP) is 2.28. The summed E-state index contributed by atoms with van der Waals surface area (Å²) < 4.78 is 5.74. The van der Waals surface area contributed by atoms with Crippen LogP contribution in [0.15, 0.2) is 24.3 Å². The normalized spacial score (nSPS) is 21.2. The van der Waals surface area contributed by atoms with Gasteiger partial charge in [0.25, 0.3) is 0 Å². The molecule has 6 heteroatoms. The molecule has 0 spiro atoms. The fourth-order valence-electron chi connectivity index (χ4n) is 3.24. The summed E-state index contributed by atoms with van der Waals surface area (Å²) in [6.45, 7) is 3.27. The summed E-state index contributed by atoms with van der Waals surface area (Å²) in [6.07, 6.45) is 1.93. The molecule has 1 amide bonds. The Balaban J connectivity index is 0.00000192. The standard InChI is InChI=1S/C16H23N3O3.H2/c20-16(21)18-9-6-14(7-10-18)19-8-5-13-3-1-2-4-15(13)17-11-22-12-19;/h1-4,14,17H,5-12H2,(H,20,21);1H. The lowest BCUT2D eigenvalue weighted by Crippen LogP contribution is -2.47. The molecule has 1 fully saturated rings. The largest absolute Gasteiger partial charge is 0.465 e. The molecule has 1 aromatic carbocycles. The number of likely N-dealkylation sites (tertiary alicyclic amines) is 1. The van der Waals surface area contributed by atoms with E-state index >= 15 is 0 Å². The van der Waals surface area contributed by atoms with Gasteiger partial charge >= 0.3 is 6.09 Å². The lowest BCUT2D eigenvalue weighted by molar-refractivity contribution is -0.00240. The van der Waals surface area contributed by atoms with Crippen LogP contribution in [0.4, 0.5) is 10.5 Å². The average Bonchev–Trinajstić information content (AvgIpc) is 2.65. The van der Waals surface area contributed by atoms with Gasteiger partial charge in [0.2, 0.25) is 0 Å². The maximum absolute atomic E-state index is 11.0. The zero-order valence-corrected chi connectivity index (χ0v) is 12.7. The Morgan fingerprint density at radius 3 is 2.82 bits per heavy atom. The van der Waals surface area contributed by atoms with Gasteiger partial charge in [-0.05, 0) is 30.9 Å². The third-order valence-electron chi connectivity index (χ3n) is 4.56. The van der Waals surface area contributed by atoms with Gasteiger partial charge in [0.05, 0.1) is 0 Å². The molecule has 3 rings (SSSR count). The molecule has 0 aliphatic carbocycles. The van der Waals surface area contributed by atoms with E-state index in [0.717, 1.165) is 31.5 Å². The van der Waals surface area contributed by atoms with Gasteiger partial charge in [-0.15, -0.1) is 0 Å². The minimum Gasteiger partial charge on any atom is -0.465 e. The summed E-state index contributed by atoms with van der Waals surface area (Å²) in [5, 5.41) is 12.4. The molecule has 2 heterocycles. The second kappa shape index (κ2) is 6.98. The van der Waals surface area contributed by atoms with Gasteiger partial charge in [0.15, 0.2) is 0 Å². The Bertz CT molecular complexity index is 521. The quantitative estimate of drug-likeness (QED) is 0.833. The van der Waals surface area contributed by atoms with Crippen molar-refractivity contribution in [3.05, 3.63) is 29.8 Å². The second-order valence-corrected chi connectivity index (χ2v) is 5.87. The van der Waals surface area contributed by atoms with E-state index in [1.165, 1.54) is 10.5 Å². The molecular weight excluding hydrogens is 282 g/mol. The van der Waals surface area contributed by atoms with Crippen molar-refractivity contribution in [2.45, 2.75) is 25.3 Å². The van der Waals surface area contributed by atoms with Crippen LogP contribution in [0.25, 0.3) is 0 Å². The summed E-state index contributed by atoms with van der Waals surface area (Å²) >= 11 is 0. The lowest BCUT2D eigenvalue weighted by Gasteiger charge is -2.37. The number of nitrogens with zero attached hydrogens (tertiary/aromatic N) is 2. The van der Waals surface area contributed by atoms with Gasteiger partial charge in [-0.25, -0.2) is 4.79 Å². The van der Waals surface area contributed by atoms with E-state index in [-0.39, 0.29) is 1.43 Å². The Labute approximate surface area is 132 Å². The first-order valence-electron chi connectivity index (χ1n) is 7.85. The number of hydrogen-bond donors (Lipinski definition) is 2. The van der Waals surface area contributed by atoms with Crippen molar-refractivity contribution in [2.24, 2.45) is 0 Å². The predicted molar refractivity (Wildman–Crippen MR) is 86.0 cm³/mol. The number of fused-ring (bicyclic) bond motifs is 1. The summed E-state index contributed by atoms with van der Waals surface area (Å²) in [5.74, 6) is 0. The zero-order chi connectivity index (χ0) is 15.4. The number of para-hydroxylation sites is 1. The number of ether oxygens (including phenoxy) is 1. The van der Waals surface area contributed by atoms with E-state index in [0.29, 0.717) is 32.6 Å². The van der Waals surface area contributed by atoms with Gasteiger partial charge in [-0.2, -0.15) is 0 Å². The molecule has 0 saturated carbocycles. The topological polar surface area (TPSA) is 65.0 Å². The highest BCUT2D eigenvalue weighted by atomic mass is 16.5. The highest BCUT2D eigenvalue weighted by Crippen LogP contribution is 2.21. The number of anilines is 1. The van der Waals surface area contributed by atoms with E-state index in [1.54, 1.807) is 0 Å². The maximum atomic E-state index is 11.0. The number of benzene rings is 1. The molecule has 0 radical (unpaired) electrons. The summed E-state index contributed by atoms with van der Waals surface area (Å²) in [4.78, 5) is 14.9. The number of hydrogen-bond acceptors (Lipinski definition) is 4. The maximum Gasteiger partial charge on any atom is 0.407 e. The highest BCUT2D eigenvalue weighted by Gasteiger charge is 2.27.